The molecule has 2 nitrogen and oxygen atoms in total. The van der Waals surface area contributed by atoms with Gasteiger partial charge in [0.15, 0.2) is 0 Å². The molecule has 0 radical (unpaired) electrons. The highest BCUT2D eigenvalue weighted by Gasteiger charge is 2.40. The minimum Gasteiger partial charge on any atom is -0.341 e. The summed E-state index contributed by atoms with van der Waals surface area (Å²) in [4.78, 5) is 14.5. The highest BCUT2D eigenvalue weighted by atomic mass is 79.9. The molecule has 3 rings (SSSR count). The quantitative estimate of drug-likeness (QED) is 0.780. The van der Waals surface area contributed by atoms with Gasteiger partial charge in [-0.05, 0) is 18.4 Å². The van der Waals surface area contributed by atoms with Gasteiger partial charge in [0.2, 0.25) is 5.91 Å². The van der Waals surface area contributed by atoms with E-state index in [-0.39, 0.29) is 5.41 Å². The van der Waals surface area contributed by atoms with Gasteiger partial charge in [0.05, 0.1) is 0 Å². The molecule has 1 saturated heterocycles. The van der Waals surface area contributed by atoms with E-state index in [2.05, 4.69) is 51.2 Å². The maximum Gasteiger partial charge on any atom is 0.223 e. The summed E-state index contributed by atoms with van der Waals surface area (Å²) >= 11 is 3.58. The van der Waals surface area contributed by atoms with Crippen molar-refractivity contribution in [3.8, 4) is 0 Å². The number of amides is 1. The van der Waals surface area contributed by atoms with Crippen LogP contribution in [-0.2, 0) is 10.2 Å². The first-order chi connectivity index (χ1) is 9.20. The van der Waals surface area contributed by atoms with Gasteiger partial charge >= 0.3 is 0 Å². The first-order valence-corrected chi connectivity index (χ1v) is 8.09. The lowest BCUT2D eigenvalue weighted by molar-refractivity contribution is -0.128. The Balaban J connectivity index is 1.84. The van der Waals surface area contributed by atoms with Crippen LogP contribution in [0.2, 0.25) is 0 Å². The molecule has 1 aromatic carbocycles. The first kappa shape index (κ1) is 13.2. The van der Waals surface area contributed by atoms with Crippen molar-refractivity contribution in [2.24, 2.45) is 0 Å². The summed E-state index contributed by atoms with van der Waals surface area (Å²) in [7, 11) is 0. The number of benzene rings is 1. The lowest BCUT2D eigenvalue weighted by atomic mass is 9.78. The van der Waals surface area contributed by atoms with Gasteiger partial charge in [0.1, 0.15) is 0 Å². The number of likely N-dealkylation sites (tertiary alicyclic amines) is 1. The Labute approximate surface area is 123 Å². The third-order valence-corrected chi connectivity index (χ3v) is 5.22. The average Bonchev–Trinajstić information content (AvgIpc) is 3.00. The molecule has 2 fully saturated rings. The van der Waals surface area contributed by atoms with Crippen molar-refractivity contribution < 1.29 is 4.79 Å². The van der Waals surface area contributed by atoms with Crippen molar-refractivity contribution >= 4 is 21.8 Å². The fourth-order valence-electron chi connectivity index (χ4n) is 3.62. The van der Waals surface area contributed by atoms with Crippen LogP contribution in [0.1, 0.15) is 37.7 Å². The zero-order valence-corrected chi connectivity index (χ0v) is 12.7. The van der Waals surface area contributed by atoms with Crippen molar-refractivity contribution in [3.63, 3.8) is 0 Å². The average molecular weight is 322 g/mol. The molecule has 0 spiro atoms. The number of carbonyl (C=O) groups excluding carboxylic acids is 1. The molecule has 1 amide bonds. The van der Waals surface area contributed by atoms with E-state index in [1.165, 1.54) is 31.2 Å². The SMILES string of the molecule is O=C1CC(Br)CN1CC1(c2ccccc2)CCCC1. The fourth-order valence-corrected chi connectivity index (χ4v) is 4.25. The van der Waals surface area contributed by atoms with Gasteiger partial charge < -0.3 is 4.90 Å². The molecule has 0 aromatic heterocycles. The van der Waals surface area contributed by atoms with E-state index >= 15 is 0 Å². The summed E-state index contributed by atoms with van der Waals surface area (Å²) in [5.41, 5.74) is 1.62. The number of nitrogens with zero attached hydrogens (tertiary/aromatic N) is 1. The van der Waals surface area contributed by atoms with Gasteiger partial charge in [-0.15, -0.1) is 0 Å². The molecular formula is C16H20BrNO. The van der Waals surface area contributed by atoms with Crippen LogP contribution >= 0.6 is 15.9 Å². The van der Waals surface area contributed by atoms with Crippen LogP contribution in [-0.4, -0.2) is 28.7 Å². The van der Waals surface area contributed by atoms with Crippen LogP contribution in [0, 0.1) is 0 Å². The number of hydrogen-bond donors (Lipinski definition) is 0. The normalized spacial score (nSPS) is 26.1. The molecule has 1 unspecified atom stereocenters. The Morgan fingerprint density at radius 1 is 1.21 bits per heavy atom. The van der Waals surface area contributed by atoms with E-state index in [4.69, 9.17) is 0 Å². The van der Waals surface area contributed by atoms with E-state index in [1.54, 1.807) is 0 Å². The molecule has 3 heteroatoms. The standard InChI is InChI=1S/C16H20BrNO/c17-14-10-15(19)18(11-14)12-16(8-4-5-9-16)13-6-2-1-3-7-13/h1-3,6-7,14H,4-5,8-12H2. The number of halogens is 1. The van der Waals surface area contributed by atoms with Gasteiger partial charge in [0.25, 0.3) is 0 Å². The van der Waals surface area contributed by atoms with Crippen LogP contribution < -0.4 is 0 Å². The molecule has 1 aliphatic heterocycles. The Kier molecular flexibility index (Phi) is 3.66. The number of alkyl halides is 1. The number of rotatable bonds is 3. The second kappa shape index (κ2) is 5.28. The highest BCUT2D eigenvalue weighted by molar-refractivity contribution is 9.09. The molecule has 1 aliphatic carbocycles. The van der Waals surface area contributed by atoms with Gasteiger partial charge in [-0.25, -0.2) is 0 Å². The van der Waals surface area contributed by atoms with E-state index in [0.717, 1.165) is 13.1 Å². The Morgan fingerprint density at radius 2 is 1.89 bits per heavy atom. The Hall–Kier alpha value is -0.830. The van der Waals surface area contributed by atoms with Crippen molar-refractivity contribution in [2.75, 3.05) is 13.1 Å². The van der Waals surface area contributed by atoms with Crippen molar-refractivity contribution in [1.82, 2.24) is 4.90 Å². The molecule has 1 heterocycles. The molecule has 1 saturated carbocycles. The number of hydrogen-bond acceptors (Lipinski definition) is 1. The summed E-state index contributed by atoms with van der Waals surface area (Å²) in [6, 6.07) is 10.8. The second-order valence-electron chi connectivity index (χ2n) is 5.93. The summed E-state index contributed by atoms with van der Waals surface area (Å²) < 4.78 is 0. The molecular weight excluding hydrogens is 302 g/mol. The van der Waals surface area contributed by atoms with Gasteiger partial charge in [-0.2, -0.15) is 0 Å². The Morgan fingerprint density at radius 3 is 2.47 bits per heavy atom. The predicted octanol–water partition coefficient (Wildman–Crippen LogP) is 3.49. The van der Waals surface area contributed by atoms with Crippen molar-refractivity contribution in [1.29, 1.82) is 0 Å². The zero-order chi connectivity index (χ0) is 13.3. The summed E-state index contributed by atoms with van der Waals surface area (Å²) in [5.74, 6) is 0.309. The summed E-state index contributed by atoms with van der Waals surface area (Å²) in [6.07, 6.45) is 5.66. The summed E-state index contributed by atoms with van der Waals surface area (Å²) in [6.45, 7) is 1.77. The van der Waals surface area contributed by atoms with Crippen LogP contribution in [0.15, 0.2) is 30.3 Å². The highest BCUT2D eigenvalue weighted by Crippen LogP contribution is 2.42. The van der Waals surface area contributed by atoms with Gasteiger partial charge in [-0.1, -0.05) is 59.1 Å². The van der Waals surface area contributed by atoms with E-state index < -0.39 is 0 Å². The maximum atomic E-state index is 12.0. The topological polar surface area (TPSA) is 20.3 Å². The molecule has 1 atom stereocenters. The van der Waals surface area contributed by atoms with E-state index in [9.17, 15) is 4.79 Å². The molecule has 102 valence electrons. The zero-order valence-electron chi connectivity index (χ0n) is 11.1. The van der Waals surface area contributed by atoms with Crippen LogP contribution in [0.5, 0.6) is 0 Å². The minimum atomic E-state index is 0.202. The smallest absolute Gasteiger partial charge is 0.223 e. The van der Waals surface area contributed by atoms with Gasteiger partial charge in [-0.3, -0.25) is 4.79 Å². The van der Waals surface area contributed by atoms with E-state index in [1.807, 2.05) is 0 Å². The van der Waals surface area contributed by atoms with E-state index in [0.29, 0.717) is 17.2 Å². The third-order valence-electron chi connectivity index (χ3n) is 4.61. The molecule has 0 N–H and O–H groups in total. The molecule has 19 heavy (non-hydrogen) atoms. The fraction of sp³-hybridized carbons (Fsp3) is 0.562. The predicted molar refractivity (Wildman–Crippen MR) is 80.5 cm³/mol. The van der Waals surface area contributed by atoms with Crippen LogP contribution in [0.25, 0.3) is 0 Å². The third kappa shape index (κ3) is 2.58. The number of carbonyl (C=O) groups is 1. The monoisotopic (exact) mass is 321 g/mol. The Bertz CT molecular complexity index is 453. The second-order valence-corrected chi connectivity index (χ2v) is 7.22. The first-order valence-electron chi connectivity index (χ1n) is 7.17. The van der Waals surface area contributed by atoms with Crippen LogP contribution in [0.4, 0.5) is 0 Å². The van der Waals surface area contributed by atoms with Crippen molar-refractivity contribution in [3.05, 3.63) is 35.9 Å². The van der Waals surface area contributed by atoms with Crippen molar-refractivity contribution in [2.45, 2.75) is 42.3 Å². The van der Waals surface area contributed by atoms with Crippen LogP contribution in [0.3, 0.4) is 0 Å². The lowest BCUT2D eigenvalue weighted by Crippen LogP contribution is -2.40. The largest absolute Gasteiger partial charge is 0.341 e. The molecule has 0 bridgehead atoms. The lowest BCUT2D eigenvalue weighted by Gasteiger charge is -2.34. The summed E-state index contributed by atoms with van der Waals surface area (Å²) in [5, 5.41) is 0. The maximum absolute atomic E-state index is 12.0. The molecule has 1 aromatic rings. The molecule has 2 aliphatic rings. The van der Waals surface area contributed by atoms with Gasteiger partial charge in [0, 0.05) is 29.8 Å². The minimum absolute atomic E-state index is 0.202.